The molecule has 0 radical (unpaired) electrons. The van der Waals surface area contributed by atoms with Crippen molar-refractivity contribution in [3.63, 3.8) is 0 Å². The van der Waals surface area contributed by atoms with Crippen LogP contribution in [0, 0.1) is 24.7 Å². The van der Waals surface area contributed by atoms with Gasteiger partial charge in [-0.1, -0.05) is 25.0 Å². The second-order valence-electron chi connectivity index (χ2n) is 9.52. The van der Waals surface area contributed by atoms with Gasteiger partial charge in [-0.2, -0.15) is 0 Å². The molecule has 6 nitrogen and oxygen atoms in total. The second-order valence-corrected chi connectivity index (χ2v) is 9.52. The molecule has 172 valence electrons. The van der Waals surface area contributed by atoms with Crippen LogP contribution in [0.15, 0.2) is 18.2 Å². The van der Waals surface area contributed by atoms with Crippen molar-refractivity contribution in [1.82, 2.24) is 9.80 Å². The SMILES string of the molecule is CCC#CCOC(=O)N1CC[C@@H](CN2CCC3(CC2)CN(C(C)=O)c2cccc(C)c23)C1. The minimum atomic E-state index is -0.238. The number of carbonyl (C=O) groups excluding carboxylic acids is 2. The van der Waals surface area contributed by atoms with Crippen molar-refractivity contribution < 1.29 is 14.3 Å². The molecule has 0 unspecified atom stereocenters. The fourth-order valence-corrected chi connectivity index (χ4v) is 5.76. The predicted molar refractivity (Wildman–Crippen MR) is 126 cm³/mol. The van der Waals surface area contributed by atoms with Crippen LogP contribution < -0.4 is 4.90 Å². The number of benzene rings is 1. The van der Waals surface area contributed by atoms with Crippen LogP contribution in [0.5, 0.6) is 0 Å². The third-order valence-corrected chi connectivity index (χ3v) is 7.36. The fraction of sp³-hybridized carbons (Fsp3) is 0.615. The number of ether oxygens (including phenoxy) is 1. The molecule has 1 atom stereocenters. The molecule has 1 aromatic carbocycles. The van der Waals surface area contributed by atoms with Gasteiger partial charge >= 0.3 is 6.09 Å². The molecule has 0 saturated carbocycles. The van der Waals surface area contributed by atoms with Crippen molar-refractivity contribution in [1.29, 1.82) is 0 Å². The van der Waals surface area contributed by atoms with Crippen LogP contribution in [0.4, 0.5) is 10.5 Å². The molecule has 6 heteroatoms. The van der Waals surface area contributed by atoms with Crippen molar-refractivity contribution >= 4 is 17.7 Å². The van der Waals surface area contributed by atoms with Crippen molar-refractivity contribution in [2.24, 2.45) is 5.92 Å². The molecule has 1 aromatic rings. The number of fused-ring (bicyclic) bond motifs is 2. The van der Waals surface area contributed by atoms with Crippen LogP contribution in [0.1, 0.15) is 50.7 Å². The molecule has 2 fully saturated rings. The number of carbonyl (C=O) groups is 2. The van der Waals surface area contributed by atoms with Crippen molar-refractivity contribution in [2.45, 2.75) is 51.9 Å². The Balaban J connectivity index is 1.32. The lowest BCUT2D eigenvalue weighted by Gasteiger charge is -2.41. The van der Waals surface area contributed by atoms with E-state index in [1.165, 1.54) is 11.1 Å². The first kappa shape index (κ1) is 22.7. The molecule has 2 amide bonds. The number of rotatable bonds is 3. The summed E-state index contributed by atoms with van der Waals surface area (Å²) in [6.07, 6.45) is 3.71. The maximum absolute atomic E-state index is 12.3. The molecule has 32 heavy (non-hydrogen) atoms. The van der Waals surface area contributed by atoms with Crippen LogP contribution in [0.2, 0.25) is 0 Å². The highest BCUT2D eigenvalue weighted by atomic mass is 16.6. The minimum Gasteiger partial charge on any atom is -0.436 e. The molecular weight excluding hydrogens is 402 g/mol. The van der Waals surface area contributed by atoms with Crippen LogP contribution in [0.25, 0.3) is 0 Å². The standard InChI is InChI=1S/C26H35N3O3/c1-4-5-6-16-32-25(31)28-13-10-22(18-28)17-27-14-11-26(12-15-27)19-29(21(3)30)23-9-7-8-20(2)24(23)26/h7-9,22H,4,10-19H2,1-3H3/t22-/m0/s1. The van der Waals surface area contributed by atoms with Gasteiger partial charge in [0.15, 0.2) is 6.61 Å². The van der Waals surface area contributed by atoms with E-state index in [1.807, 2.05) is 16.7 Å². The number of hydrogen-bond donors (Lipinski definition) is 0. The van der Waals surface area contributed by atoms with Gasteiger partial charge in [-0.3, -0.25) is 4.79 Å². The summed E-state index contributed by atoms with van der Waals surface area (Å²) < 4.78 is 5.27. The van der Waals surface area contributed by atoms with E-state index < -0.39 is 0 Å². The van der Waals surface area contributed by atoms with Gasteiger partial charge in [-0.05, 0) is 62.4 Å². The minimum absolute atomic E-state index is 0.0773. The smallest absolute Gasteiger partial charge is 0.410 e. The number of amides is 2. The van der Waals surface area contributed by atoms with Gasteiger partial charge in [0.05, 0.1) is 0 Å². The molecule has 3 aliphatic heterocycles. The number of aryl methyl sites for hydroxylation is 1. The van der Waals surface area contributed by atoms with Gasteiger partial charge in [-0.15, -0.1) is 5.92 Å². The molecule has 2 saturated heterocycles. The monoisotopic (exact) mass is 437 g/mol. The van der Waals surface area contributed by atoms with Crippen LogP contribution in [0.3, 0.4) is 0 Å². The first-order chi connectivity index (χ1) is 15.4. The summed E-state index contributed by atoms with van der Waals surface area (Å²) in [5.41, 5.74) is 3.87. The number of anilines is 1. The summed E-state index contributed by atoms with van der Waals surface area (Å²) in [4.78, 5) is 30.9. The molecule has 0 bridgehead atoms. The van der Waals surface area contributed by atoms with E-state index in [9.17, 15) is 9.59 Å². The Kier molecular flexibility index (Phi) is 6.76. The van der Waals surface area contributed by atoms with E-state index in [-0.39, 0.29) is 24.0 Å². The Labute approximate surface area is 191 Å². The normalized spacial score (nSPS) is 21.9. The zero-order chi connectivity index (χ0) is 22.7. The van der Waals surface area contributed by atoms with Crippen molar-refractivity contribution in [3.05, 3.63) is 29.3 Å². The van der Waals surface area contributed by atoms with E-state index in [4.69, 9.17) is 4.74 Å². The Morgan fingerprint density at radius 3 is 2.69 bits per heavy atom. The summed E-state index contributed by atoms with van der Waals surface area (Å²) in [6, 6.07) is 6.34. The quantitative estimate of drug-likeness (QED) is 0.679. The van der Waals surface area contributed by atoms with Crippen LogP contribution >= 0.6 is 0 Å². The summed E-state index contributed by atoms with van der Waals surface area (Å²) in [7, 11) is 0. The fourth-order valence-electron chi connectivity index (χ4n) is 5.76. The van der Waals surface area contributed by atoms with Gasteiger partial charge in [-0.25, -0.2) is 4.79 Å². The molecule has 0 aromatic heterocycles. The first-order valence-electron chi connectivity index (χ1n) is 11.9. The lowest BCUT2D eigenvalue weighted by molar-refractivity contribution is -0.116. The largest absolute Gasteiger partial charge is 0.436 e. The van der Waals surface area contributed by atoms with Gasteiger partial charge in [0.25, 0.3) is 0 Å². The second kappa shape index (κ2) is 9.54. The Hall–Kier alpha value is -2.52. The summed E-state index contributed by atoms with van der Waals surface area (Å²) >= 11 is 0. The highest BCUT2D eigenvalue weighted by Crippen LogP contribution is 2.48. The number of likely N-dealkylation sites (tertiary alicyclic amines) is 2. The van der Waals surface area contributed by atoms with Crippen molar-refractivity contribution in [3.8, 4) is 11.8 Å². The number of nitrogens with zero attached hydrogens (tertiary/aromatic N) is 3. The Morgan fingerprint density at radius 1 is 1.19 bits per heavy atom. The summed E-state index contributed by atoms with van der Waals surface area (Å²) in [6.45, 7) is 11.4. The maximum Gasteiger partial charge on any atom is 0.410 e. The first-order valence-corrected chi connectivity index (χ1v) is 11.9. The predicted octanol–water partition coefficient (Wildman–Crippen LogP) is 3.57. The maximum atomic E-state index is 12.3. The zero-order valence-corrected chi connectivity index (χ0v) is 19.7. The van der Waals surface area contributed by atoms with Gasteiger partial charge in [0.1, 0.15) is 0 Å². The van der Waals surface area contributed by atoms with E-state index in [1.54, 1.807) is 6.92 Å². The molecule has 4 rings (SSSR count). The number of hydrogen-bond acceptors (Lipinski definition) is 4. The lowest BCUT2D eigenvalue weighted by atomic mass is 9.72. The van der Waals surface area contributed by atoms with E-state index >= 15 is 0 Å². The average Bonchev–Trinajstić information content (AvgIpc) is 3.37. The van der Waals surface area contributed by atoms with Gasteiger partial charge < -0.3 is 19.4 Å². The van der Waals surface area contributed by atoms with E-state index in [2.05, 4.69) is 41.9 Å². The summed E-state index contributed by atoms with van der Waals surface area (Å²) in [5.74, 6) is 6.41. The molecule has 3 aliphatic rings. The third-order valence-electron chi connectivity index (χ3n) is 7.36. The zero-order valence-electron chi connectivity index (χ0n) is 19.7. The third kappa shape index (κ3) is 4.49. The molecule has 1 spiro atoms. The van der Waals surface area contributed by atoms with Gasteiger partial charge in [0, 0.05) is 50.6 Å². The Bertz CT molecular complexity index is 924. The Morgan fingerprint density at radius 2 is 1.97 bits per heavy atom. The number of piperidine rings is 1. The van der Waals surface area contributed by atoms with Crippen LogP contribution in [-0.4, -0.2) is 67.7 Å². The van der Waals surface area contributed by atoms with Crippen LogP contribution in [-0.2, 0) is 14.9 Å². The highest BCUT2D eigenvalue weighted by Gasteiger charge is 2.46. The molecule has 3 heterocycles. The lowest BCUT2D eigenvalue weighted by Crippen LogP contribution is -2.47. The molecule has 0 N–H and O–H groups in total. The highest BCUT2D eigenvalue weighted by molar-refractivity contribution is 5.95. The van der Waals surface area contributed by atoms with E-state index in [0.29, 0.717) is 5.92 Å². The molecular formula is C26H35N3O3. The average molecular weight is 438 g/mol. The van der Waals surface area contributed by atoms with E-state index in [0.717, 1.165) is 70.6 Å². The van der Waals surface area contributed by atoms with Gasteiger partial charge in [0.2, 0.25) is 5.91 Å². The summed E-state index contributed by atoms with van der Waals surface area (Å²) in [5, 5.41) is 0. The molecule has 0 aliphatic carbocycles. The topological polar surface area (TPSA) is 53.1 Å². The van der Waals surface area contributed by atoms with Crippen molar-refractivity contribution in [2.75, 3.05) is 50.8 Å².